The Kier molecular flexibility index (Phi) is 1.48. The fourth-order valence-electron chi connectivity index (χ4n) is 0.261. The zero-order valence-electron chi connectivity index (χ0n) is 3.74. The molecule has 1 rings (SSSR count). The average molecular weight is 130 g/mol. The normalized spacial score (nSPS) is 8.50. The Morgan fingerprint density at radius 3 is 3.25 bits per heavy atom. The molecule has 6 heteroatoms. The Bertz CT molecular complexity index is 161. The quantitative estimate of drug-likeness (QED) is 0.471. The zero-order chi connectivity index (χ0) is 5.82. The summed E-state index contributed by atoms with van der Waals surface area (Å²) >= 11 is 1.22. The monoisotopic (exact) mass is 130 g/mol. The van der Waals surface area contributed by atoms with Gasteiger partial charge in [0.25, 0.3) is 0 Å². The lowest BCUT2D eigenvalue weighted by Crippen LogP contribution is -1.82. The van der Waals surface area contributed by atoms with Crippen LogP contribution in [0.4, 0.5) is 5.13 Å². The summed E-state index contributed by atoms with van der Waals surface area (Å²) in [5, 5.41) is 9.72. The molecule has 5 nitrogen and oxygen atoms in total. The number of nitrogens with one attached hydrogen (secondary N) is 1. The minimum absolute atomic E-state index is 0.417. The fourth-order valence-corrected chi connectivity index (χ4v) is 0.639. The third-order valence-electron chi connectivity index (χ3n) is 0.501. The summed E-state index contributed by atoms with van der Waals surface area (Å²) in [5.74, 6) is 0. The van der Waals surface area contributed by atoms with Crippen LogP contribution < -0.4 is 5.43 Å². The van der Waals surface area contributed by atoms with E-state index in [4.69, 9.17) is 0 Å². The molecule has 1 N–H and O–H groups in total. The molecular formula is C2H2N4OS. The molecule has 42 valence electrons. The van der Waals surface area contributed by atoms with Crippen molar-refractivity contribution in [1.82, 2.24) is 10.2 Å². The number of aromatic nitrogens is 2. The van der Waals surface area contributed by atoms with Gasteiger partial charge in [-0.1, -0.05) is 11.3 Å². The van der Waals surface area contributed by atoms with Crippen molar-refractivity contribution in [3.63, 3.8) is 0 Å². The Hall–Kier alpha value is -1.04. The Morgan fingerprint density at radius 1 is 1.88 bits per heavy atom. The number of nitroso groups, excluding NO2 is 1. The first-order valence-electron chi connectivity index (χ1n) is 1.78. The first kappa shape index (κ1) is 5.10. The maximum atomic E-state index is 9.45. The molecule has 0 aliphatic carbocycles. The van der Waals surface area contributed by atoms with Crippen molar-refractivity contribution in [2.75, 3.05) is 5.43 Å². The molecule has 0 spiro atoms. The summed E-state index contributed by atoms with van der Waals surface area (Å²) in [6.07, 6.45) is 0. The van der Waals surface area contributed by atoms with E-state index >= 15 is 0 Å². The molecule has 0 aromatic carbocycles. The molecule has 0 fully saturated rings. The van der Waals surface area contributed by atoms with Gasteiger partial charge in [-0.05, 0) is 0 Å². The van der Waals surface area contributed by atoms with Gasteiger partial charge in [0.2, 0.25) is 5.13 Å². The lowest BCUT2D eigenvalue weighted by molar-refractivity contribution is 1.08. The van der Waals surface area contributed by atoms with E-state index < -0.39 is 0 Å². The predicted octanol–water partition coefficient (Wildman–Crippen LogP) is 0.631. The lowest BCUT2D eigenvalue weighted by Gasteiger charge is -1.79. The summed E-state index contributed by atoms with van der Waals surface area (Å²) in [5.41, 5.74) is 3.61. The van der Waals surface area contributed by atoms with E-state index in [2.05, 4.69) is 20.9 Å². The van der Waals surface area contributed by atoms with E-state index in [1.807, 2.05) is 0 Å². The molecule has 0 atom stereocenters. The van der Waals surface area contributed by atoms with Crippen LogP contribution in [0.5, 0.6) is 0 Å². The molecule has 8 heavy (non-hydrogen) atoms. The van der Waals surface area contributed by atoms with Crippen LogP contribution in [0.15, 0.2) is 10.8 Å². The van der Waals surface area contributed by atoms with Crippen LogP contribution in [0.2, 0.25) is 0 Å². The van der Waals surface area contributed by atoms with Crippen molar-refractivity contribution in [2.45, 2.75) is 0 Å². The maximum Gasteiger partial charge on any atom is 0.228 e. The summed E-state index contributed by atoms with van der Waals surface area (Å²) in [6.45, 7) is 0. The Morgan fingerprint density at radius 2 is 2.75 bits per heavy atom. The molecule has 1 aromatic rings. The molecule has 0 saturated heterocycles. The summed E-state index contributed by atoms with van der Waals surface area (Å²) in [7, 11) is 0. The molecule has 0 unspecified atom stereocenters. The van der Waals surface area contributed by atoms with Crippen LogP contribution in [-0.4, -0.2) is 10.2 Å². The van der Waals surface area contributed by atoms with Gasteiger partial charge in [-0.2, -0.15) is 0 Å². The summed E-state index contributed by atoms with van der Waals surface area (Å²) < 4.78 is 0. The molecular weight excluding hydrogens is 128 g/mol. The highest BCUT2D eigenvalue weighted by Crippen LogP contribution is 2.06. The maximum absolute atomic E-state index is 9.45. The van der Waals surface area contributed by atoms with Crippen molar-refractivity contribution in [2.24, 2.45) is 5.29 Å². The van der Waals surface area contributed by atoms with Gasteiger partial charge in [-0.25, -0.2) is 5.43 Å². The molecule has 0 radical (unpaired) electrons. The summed E-state index contributed by atoms with van der Waals surface area (Å²) in [6, 6.07) is 0. The van der Waals surface area contributed by atoms with E-state index in [9.17, 15) is 4.91 Å². The van der Waals surface area contributed by atoms with E-state index in [1.54, 1.807) is 0 Å². The lowest BCUT2D eigenvalue weighted by atomic mass is 11.3. The van der Waals surface area contributed by atoms with Crippen molar-refractivity contribution in [3.05, 3.63) is 10.4 Å². The first-order chi connectivity index (χ1) is 3.93. The first-order valence-corrected chi connectivity index (χ1v) is 2.66. The van der Waals surface area contributed by atoms with Crippen molar-refractivity contribution < 1.29 is 0 Å². The second kappa shape index (κ2) is 2.31. The number of hydrogen-bond acceptors (Lipinski definition) is 5. The third-order valence-corrected chi connectivity index (χ3v) is 1.10. The van der Waals surface area contributed by atoms with Crippen molar-refractivity contribution in [3.8, 4) is 0 Å². The van der Waals surface area contributed by atoms with Crippen LogP contribution in [0.25, 0.3) is 0 Å². The van der Waals surface area contributed by atoms with Gasteiger partial charge < -0.3 is 0 Å². The van der Waals surface area contributed by atoms with Crippen LogP contribution >= 0.6 is 11.3 Å². The van der Waals surface area contributed by atoms with E-state index in [0.29, 0.717) is 5.13 Å². The van der Waals surface area contributed by atoms with Gasteiger partial charge >= 0.3 is 0 Å². The predicted molar refractivity (Wildman–Crippen MR) is 29.3 cm³/mol. The van der Waals surface area contributed by atoms with Gasteiger partial charge in [0.05, 0.1) is 5.29 Å². The van der Waals surface area contributed by atoms with Crippen LogP contribution in [0.1, 0.15) is 0 Å². The Balaban J connectivity index is 2.62. The smallest absolute Gasteiger partial charge is 0.214 e. The molecule has 1 aromatic heterocycles. The second-order valence-corrected chi connectivity index (χ2v) is 1.78. The minimum atomic E-state index is 0.417. The standard InChI is InChI=1S/C2H2N4OS/c7-6-5-2-4-3-1-8-2/h1H,(H,4,5,7). The number of hydrogen-bond donors (Lipinski definition) is 1. The molecule has 0 aliphatic rings. The summed E-state index contributed by atoms with van der Waals surface area (Å²) in [4.78, 5) is 9.45. The molecule has 0 aliphatic heterocycles. The highest BCUT2D eigenvalue weighted by atomic mass is 32.1. The molecule has 0 bridgehead atoms. The molecule has 0 amide bonds. The van der Waals surface area contributed by atoms with E-state index in [-0.39, 0.29) is 0 Å². The highest BCUT2D eigenvalue weighted by Gasteiger charge is 1.89. The van der Waals surface area contributed by atoms with Gasteiger partial charge in [0, 0.05) is 0 Å². The van der Waals surface area contributed by atoms with E-state index in [1.165, 1.54) is 16.8 Å². The van der Waals surface area contributed by atoms with Gasteiger partial charge in [-0.15, -0.1) is 15.1 Å². The third kappa shape index (κ3) is 0.969. The average Bonchev–Trinajstić information content (AvgIpc) is 2.19. The number of rotatable bonds is 2. The highest BCUT2D eigenvalue weighted by molar-refractivity contribution is 7.13. The van der Waals surface area contributed by atoms with Crippen LogP contribution in [-0.2, 0) is 0 Å². The fraction of sp³-hybridized carbons (Fsp3) is 0. The minimum Gasteiger partial charge on any atom is -0.214 e. The number of nitrogens with zero attached hydrogens (tertiary/aromatic N) is 3. The van der Waals surface area contributed by atoms with Crippen molar-refractivity contribution >= 4 is 16.5 Å². The number of anilines is 1. The van der Waals surface area contributed by atoms with Crippen LogP contribution in [0, 0.1) is 4.91 Å². The largest absolute Gasteiger partial charge is 0.228 e. The van der Waals surface area contributed by atoms with Crippen molar-refractivity contribution in [1.29, 1.82) is 0 Å². The van der Waals surface area contributed by atoms with Gasteiger partial charge in [0.1, 0.15) is 5.51 Å². The zero-order valence-corrected chi connectivity index (χ0v) is 4.55. The Labute approximate surface area is 48.7 Å². The van der Waals surface area contributed by atoms with Gasteiger partial charge in [-0.3, -0.25) is 0 Å². The van der Waals surface area contributed by atoms with Gasteiger partial charge in [0.15, 0.2) is 0 Å². The second-order valence-electron chi connectivity index (χ2n) is 0.947. The topological polar surface area (TPSA) is 67.2 Å². The SMILES string of the molecule is O=NNc1nncs1. The van der Waals surface area contributed by atoms with Crippen LogP contribution in [0.3, 0.4) is 0 Å². The molecule has 0 saturated carbocycles. The molecule has 1 heterocycles. The van der Waals surface area contributed by atoms with E-state index in [0.717, 1.165) is 0 Å².